The molecule has 0 spiro atoms. The fourth-order valence-corrected chi connectivity index (χ4v) is 3.74. The van der Waals surface area contributed by atoms with Gasteiger partial charge in [-0.2, -0.15) is 5.10 Å². The van der Waals surface area contributed by atoms with Crippen molar-refractivity contribution in [2.24, 2.45) is 0 Å². The molecule has 0 N–H and O–H groups in total. The van der Waals surface area contributed by atoms with E-state index >= 15 is 0 Å². The normalized spacial score (nSPS) is 17.5. The monoisotopic (exact) mass is 342 g/mol. The molecule has 0 bridgehead atoms. The fraction of sp³-hybridized carbons (Fsp3) is 0.353. The summed E-state index contributed by atoms with van der Waals surface area (Å²) < 4.78 is 7.45. The Balaban J connectivity index is 1.51. The van der Waals surface area contributed by atoms with Crippen LogP contribution in [0.15, 0.2) is 40.6 Å². The van der Waals surface area contributed by atoms with Crippen LogP contribution in [0.5, 0.6) is 0 Å². The Morgan fingerprint density at radius 1 is 1.50 bits per heavy atom. The van der Waals surface area contributed by atoms with Crippen molar-refractivity contribution in [1.29, 1.82) is 0 Å². The van der Waals surface area contributed by atoms with Crippen LogP contribution in [0.3, 0.4) is 0 Å². The molecule has 4 rings (SSSR count). The molecule has 0 aromatic carbocycles. The van der Waals surface area contributed by atoms with E-state index in [4.69, 9.17) is 4.42 Å². The lowest BCUT2D eigenvalue weighted by molar-refractivity contribution is 0.0721. The zero-order chi connectivity index (χ0) is 16.5. The predicted molar refractivity (Wildman–Crippen MR) is 90.8 cm³/mol. The van der Waals surface area contributed by atoms with E-state index in [0.29, 0.717) is 11.3 Å². The molecule has 1 aliphatic heterocycles. The predicted octanol–water partition coefficient (Wildman–Crippen LogP) is 3.21. The molecule has 3 aromatic rings. The molecule has 0 aliphatic carbocycles. The van der Waals surface area contributed by atoms with Gasteiger partial charge in [0, 0.05) is 24.3 Å². The smallest absolute Gasteiger partial charge is 0.257 e. The summed E-state index contributed by atoms with van der Waals surface area (Å²) >= 11 is 1.57. The molecule has 7 heteroatoms. The molecule has 1 saturated heterocycles. The zero-order valence-electron chi connectivity index (χ0n) is 13.4. The molecule has 1 aliphatic rings. The van der Waals surface area contributed by atoms with Crippen molar-refractivity contribution in [2.45, 2.75) is 32.4 Å². The first-order chi connectivity index (χ1) is 11.7. The largest absolute Gasteiger partial charge is 0.462 e. The number of hydrogen-bond acceptors (Lipinski definition) is 5. The van der Waals surface area contributed by atoms with Gasteiger partial charge in [0.15, 0.2) is 5.76 Å². The van der Waals surface area contributed by atoms with Crippen LogP contribution in [-0.4, -0.2) is 38.2 Å². The number of carbonyl (C=O) groups is 1. The van der Waals surface area contributed by atoms with E-state index in [2.05, 4.69) is 10.1 Å². The summed E-state index contributed by atoms with van der Waals surface area (Å²) in [6, 6.07) is 3.87. The number of amides is 1. The number of thiazole rings is 1. The minimum absolute atomic E-state index is 0.0200. The lowest BCUT2D eigenvalue weighted by atomic mass is 10.2. The quantitative estimate of drug-likeness (QED) is 0.730. The van der Waals surface area contributed by atoms with Crippen molar-refractivity contribution in [3.8, 4) is 11.5 Å². The SMILES string of the molecule is Cc1nc(-c2cc(C(=O)N3CCC[C@H]3Cn3cccn3)co2)cs1. The molecule has 1 fully saturated rings. The molecule has 124 valence electrons. The Labute approximate surface area is 143 Å². The van der Waals surface area contributed by atoms with Gasteiger partial charge in [-0.3, -0.25) is 9.48 Å². The minimum Gasteiger partial charge on any atom is -0.462 e. The molecule has 6 nitrogen and oxygen atoms in total. The van der Waals surface area contributed by atoms with E-state index in [1.165, 1.54) is 6.26 Å². The maximum absolute atomic E-state index is 12.9. The van der Waals surface area contributed by atoms with Crippen LogP contribution >= 0.6 is 11.3 Å². The number of aromatic nitrogens is 3. The third kappa shape index (κ3) is 2.87. The number of aryl methyl sites for hydroxylation is 1. The van der Waals surface area contributed by atoms with Crippen molar-refractivity contribution in [1.82, 2.24) is 19.7 Å². The number of likely N-dealkylation sites (tertiary alicyclic amines) is 1. The molecule has 0 radical (unpaired) electrons. The first-order valence-corrected chi connectivity index (χ1v) is 8.88. The van der Waals surface area contributed by atoms with E-state index < -0.39 is 0 Å². The lowest BCUT2D eigenvalue weighted by Crippen LogP contribution is -2.38. The number of nitrogens with zero attached hydrogens (tertiary/aromatic N) is 4. The zero-order valence-corrected chi connectivity index (χ0v) is 14.2. The number of hydrogen-bond donors (Lipinski definition) is 0. The van der Waals surface area contributed by atoms with E-state index in [0.717, 1.165) is 36.6 Å². The topological polar surface area (TPSA) is 64.2 Å². The Bertz CT molecular complexity index is 837. The summed E-state index contributed by atoms with van der Waals surface area (Å²) in [4.78, 5) is 19.2. The molecule has 1 atom stereocenters. The van der Waals surface area contributed by atoms with Gasteiger partial charge >= 0.3 is 0 Å². The molecular formula is C17H18N4O2S. The van der Waals surface area contributed by atoms with Crippen molar-refractivity contribution in [2.75, 3.05) is 6.54 Å². The molecule has 3 aromatic heterocycles. The highest BCUT2D eigenvalue weighted by molar-refractivity contribution is 7.09. The lowest BCUT2D eigenvalue weighted by Gasteiger charge is -2.24. The van der Waals surface area contributed by atoms with Gasteiger partial charge in [-0.25, -0.2) is 4.98 Å². The van der Waals surface area contributed by atoms with Crippen LogP contribution in [0.2, 0.25) is 0 Å². The van der Waals surface area contributed by atoms with Gasteiger partial charge in [0.05, 0.1) is 23.2 Å². The maximum atomic E-state index is 12.9. The van der Waals surface area contributed by atoms with Gasteiger partial charge in [-0.15, -0.1) is 11.3 Å². The Kier molecular flexibility index (Phi) is 3.93. The first-order valence-electron chi connectivity index (χ1n) is 8.00. The summed E-state index contributed by atoms with van der Waals surface area (Å²) in [7, 11) is 0. The first kappa shape index (κ1) is 15.1. The average Bonchev–Trinajstić information content (AvgIpc) is 3.35. The number of carbonyl (C=O) groups excluding carboxylic acids is 1. The van der Waals surface area contributed by atoms with Gasteiger partial charge in [-0.1, -0.05) is 0 Å². The highest BCUT2D eigenvalue weighted by atomic mass is 32.1. The van der Waals surface area contributed by atoms with Crippen LogP contribution in [0, 0.1) is 6.92 Å². The van der Waals surface area contributed by atoms with E-state index in [1.54, 1.807) is 23.6 Å². The van der Waals surface area contributed by atoms with Gasteiger partial charge in [0.2, 0.25) is 0 Å². The summed E-state index contributed by atoms with van der Waals surface area (Å²) in [5, 5.41) is 7.17. The van der Waals surface area contributed by atoms with Crippen LogP contribution in [-0.2, 0) is 6.54 Å². The molecule has 1 amide bonds. The van der Waals surface area contributed by atoms with Crippen molar-refractivity contribution in [3.63, 3.8) is 0 Å². The second kappa shape index (κ2) is 6.24. The summed E-state index contributed by atoms with van der Waals surface area (Å²) in [6.07, 6.45) is 7.26. The Morgan fingerprint density at radius 3 is 3.17 bits per heavy atom. The highest BCUT2D eigenvalue weighted by Crippen LogP contribution is 2.26. The maximum Gasteiger partial charge on any atom is 0.257 e. The van der Waals surface area contributed by atoms with Gasteiger partial charge in [0.25, 0.3) is 5.91 Å². The second-order valence-electron chi connectivity index (χ2n) is 5.97. The van der Waals surface area contributed by atoms with Gasteiger partial charge < -0.3 is 9.32 Å². The van der Waals surface area contributed by atoms with Crippen molar-refractivity contribution in [3.05, 3.63) is 46.7 Å². The molecule has 0 saturated carbocycles. The second-order valence-corrected chi connectivity index (χ2v) is 7.04. The van der Waals surface area contributed by atoms with Crippen molar-refractivity contribution >= 4 is 17.2 Å². The third-order valence-electron chi connectivity index (χ3n) is 4.31. The Morgan fingerprint density at radius 2 is 2.42 bits per heavy atom. The van der Waals surface area contributed by atoms with E-state index in [1.807, 2.05) is 34.1 Å². The fourth-order valence-electron chi connectivity index (χ4n) is 3.14. The summed E-state index contributed by atoms with van der Waals surface area (Å²) in [6.45, 7) is 3.46. The summed E-state index contributed by atoms with van der Waals surface area (Å²) in [5.41, 5.74) is 1.37. The molecule has 4 heterocycles. The number of rotatable bonds is 4. The highest BCUT2D eigenvalue weighted by Gasteiger charge is 2.30. The molecular weight excluding hydrogens is 324 g/mol. The van der Waals surface area contributed by atoms with Gasteiger partial charge in [0.1, 0.15) is 12.0 Å². The van der Waals surface area contributed by atoms with Crippen LogP contribution in [0.1, 0.15) is 28.2 Å². The van der Waals surface area contributed by atoms with Crippen LogP contribution in [0.4, 0.5) is 0 Å². The average molecular weight is 342 g/mol. The standard InChI is InChI=1S/C17H18N4O2S/c1-12-19-15(11-24-12)16-8-13(10-23-16)17(22)21-7-2-4-14(21)9-20-6-3-5-18-20/h3,5-6,8,10-11,14H,2,4,7,9H2,1H3/t14-/m0/s1. The van der Waals surface area contributed by atoms with Crippen molar-refractivity contribution < 1.29 is 9.21 Å². The van der Waals surface area contributed by atoms with Crippen LogP contribution < -0.4 is 0 Å². The van der Waals surface area contributed by atoms with E-state index in [9.17, 15) is 4.79 Å². The number of furan rings is 1. The molecule has 0 unspecified atom stereocenters. The third-order valence-corrected chi connectivity index (χ3v) is 5.09. The van der Waals surface area contributed by atoms with E-state index in [-0.39, 0.29) is 11.9 Å². The van der Waals surface area contributed by atoms with Gasteiger partial charge in [-0.05, 0) is 31.9 Å². The minimum atomic E-state index is 0.0200. The summed E-state index contributed by atoms with van der Waals surface area (Å²) in [5.74, 6) is 0.664. The van der Waals surface area contributed by atoms with Crippen LogP contribution in [0.25, 0.3) is 11.5 Å². The molecule has 24 heavy (non-hydrogen) atoms. The Hall–Kier alpha value is -2.41.